The van der Waals surface area contributed by atoms with Crippen LogP contribution < -0.4 is 9.47 Å². The first-order chi connectivity index (χ1) is 7.83. The first-order valence-electron chi connectivity index (χ1n) is 4.90. The summed E-state index contributed by atoms with van der Waals surface area (Å²) >= 11 is 0. The molecule has 81 valence electrons. The van der Waals surface area contributed by atoms with E-state index in [0.717, 1.165) is 17.0 Å². The van der Waals surface area contributed by atoms with Crippen molar-refractivity contribution in [3.05, 3.63) is 42.5 Å². The maximum Gasteiger partial charge on any atom is 0.214 e. The SMILES string of the molecule is COc1cccc(-c2c[c]cc(OC)n2)c1. The lowest BCUT2D eigenvalue weighted by Crippen LogP contribution is -1.90. The Morgan fingerprint density at radius 1 is 1.12 bits per heavy atom. The van der Waals surface area contributed by atoms with Crippen molar-refractivity contribution in [1.82, 2.24) is 4.98 Å². The number of aromatic nitrogens is 1. The van der Waals surface area contributed by atoms with E-state index in [0.29, 0.717) is 5.88 Å². The summed E-state index contributed by atoms with van der Waals surface area (Å²) in [5, 5.41) is 0. The molecule has 1 aromatic carbocycles. The van der Waals surface area contributed by atoms with Gasteiger partial charge in [0.05, 0.1) is 19.9 Å². The third-order valence-corrected chi connectivity index (χ3v) is 2.23. The molecule has 0 aliphatic carbocycles. The third kappa shape index (κ3) is 2.14. The molecule has 1 radical (unpaired) electrons. The van der Waals surface area contributed by atoms with Gasteiger partial charge in [0.25, 0.3) is 0 Å². The number of benzene rings is 1. The Bertz CT molecular complexity index is 437. The first kappa shape index (κ1) is 10.5. The number of methoxy groups -OCH3 is 2. The Morgan fingerprint density at radius 3 is 2.75 bits per heavy atom. The lowest BCUT2D eigenvalue weighted by atomic mass is 10.1. The Labute approximate surface area is 94.7 Å². The van der Waals surface area contributed by atoms with Gasteiger partial charge < -0.3 is 9.47 Å². The van der Waals surface area contributed by atoms with Crippen molar-refractivity contribution in [2.45, 2.75) is 0 Å². The molecule has 0 N–H and O–H groups in total. The van der Waals surface area contributed by atoms with Crippen molar-refractivity contribution in [3.63, 3.8) is 0 Å². The van der Waals surface area contributed by atoms with Gasteiger partial charge in [-0.3, -0.25) is 0 Å². The molecule has 0 fully saturated rings. The largest absolute Gasteiger partial charge is 0.497 e. The molecule has 3 nitrogen and oxygen atoms in total. The van der Waals surface area contributed by atoms with Crippen LogP contribution in [0.3, 0.4) is 0 Å². The van der Waals surface area contributed by atoms with E-state index < -0.39 is 0 Å². The summed E-state index contributed by atoms with van der Waals surface area (Å²) in [5.74, 6) is 1.36. The fraction of sp³-hybridized carbons (Fsp3) is 0.154. The second kappa shape index (κ2) is 4.66. The van der Waals surface area contributed by atoms with Crippen LogP contribution in [0, 0.1) is 6.07 Å². The van der Waals surface area contributed by atoms with E-state index in [4.69, 9.17) is 9.47 Å². The topological polar surface area (TPSA) is 31.4 Å². The zero-order valence-corrected chi connectivity index (χ0v) is 9.23. The van der Waals surface area contributed by atoms with Crippen LogP contribution in [0.2, 0.25) is 0 Å². The third-order valence-electron chi connectivity index (χ3n) is 2.23. The highest BCUT2D eigenvalue weighted by atomic mass is 16.5. The second-order valence-electron chi connectivity index (χ2n) is 3.23. The number of rotatable bonds is 3. The molecule has 1 heterocycles. The zero-order valence-electron chi connectivity index (χ0n) is 9.23. The van der Waals surface area contributed by atoms with Gasteiger partial charge in [0.1, 0.15) is 5.75 Å². The maximum atomic E-state index is 5.16. The normalized spacial score (nSPS) is 9.88. The molecular formula is C13H12NO2. The van der Waals surface area contributed by atoms with Crippen molar-refractivity contribution in [3.8, 4) is 22.9 Å². The molecule has 0 unspecified atom stereocenters. The molecule has 2 aromatic rings. The van der Waals surface area contributed by atoms with E-state index in [1.807, 2.05) is 30.3 Å². The monoisotopic (exact) mass is 214 g/mol. The van der Waals surface area contributed by atoms with Gasteiger partial charge >= 0.3 is 0 Å². The van der Waals surface area contributed by atoms with E-state index in [-0.39, 0.29) is 0 Å². The van der Waals surface area contributed by atoms with Crippen LogP contribution in [-0.2, 0) is 0 Å². The van der Waals surface area contributed by atoms with Crippen LogP contribution in [0.1, 0.15) is 0 Å². The minimum absolute atomic E-state index is 0.556. The molecule has 2 rings (SSSR count). The van der Waals surface area contributed by atoms with Gasteiger partial charge in [-0.2, -0.15) is 0 Å². The summed E-state index contributed by atoms with van der Waals surface area (Å²) in [5.41, 5.74) is 1.80. The van der Waals surface area contributed by atoms with E-state index >= 15 is 0 Å². The number of ether oxygens (including phenoxy) is 2. The molecule has 0 atom stereocenters. The van der Waals surface area contributed by atoms with E-state index in [9.17, 15) is 0 Å². The molecule has 1 aromatic heterocycles. The minimum atomic E-state index is 0.556. The zero-order chi connectivity index (χ0) is 11.4. The van der Waals surface area contributed by atoms with Gasteiger partial charge in [0, 0.05) is 11.6 Å². The van der Waals surface area contributed by atoms with Crippen LogP contribution in [0.4, 0.5) is 0 Å². The minimum Gasteiger partial charge on any atom is -0.497 e. The Balaban J connectivity index is 2.41. The van der Waals surface area contributed by atoms with Crippen molar-refractivity contribution in [2.75, 3.05) is 14.2 Å². The average Bonchev–Trinajstić information content (AvgIpc) is 2.39. The molecule has 0 saturated heterocycles. The molecular weight excluding hydrogens is 202 g/mol. The van der Waals surface area contributed by atoms with E-state index in [2.05, 4.69) is 11.1 Å². The maximum absolute atomic E-state index is 5.16. The summed E-state index contributed by atoms with van der Waals surface area (Å²) in [6, 6.07) is 14.2. The van der Waals surface area contributed by atoms with Crippen LogP contribution in [0.15, 0.2) is 36.4 Å². The fourth-order valence-electron chi connectivity index (χ4n) is 1.41. The van der Waals surface area contributed by atoms with Crippen LogP contribution in [-0.4, -0.2) is 19.2 Å². The highest BCUT2D eigenvalue weighted by Crippen LogP contribution is 2.23. The van der Waals surface area contributed by atoms with Gasteiger partial charge in [-0.25, -0.2) is 4.98 Å². The van der Waals surface area contributed by atoms with Crippen molar-refractivity contribution in [2.24, 2.45) is 0 Å². The van der Waals surface area contributed by atoms with Crippen LogP contribution in [0.25, 0.3) is 11.3 Å². The molecule has 0 amide bonds. The van der Waals surface area contributed by atoms with Crippen molar-refractivity contribution >= 4 is 0 Å². The quantitative estimate of drug-likeness (QED) is 0.786. The molecule has 3 heteroatoms. The first-order valence-corrected chi connectivity index (χ1v) is 4.90. The van der Waals surface area contributed by atoms with Gasteiger partial charge in [-0.15, -0.1) is 0 Å². The highest BCUT2D eigenvalue weighted by molar-refractivity contribution is 5.61. The highest BCUT2D eigenvalue weighted by Gasteiger charge is 2.02. The van der Waals surface area contributed by atoms with Gasteiger partial charge in [-0.1, -0.05) is 12.1 Å². The molecule has 0 aliphatic rings. The van der Waals surface area contributed by atoms with Gasteiger partial charge in [0.15, 0.2) is 0 Å². The molecule has 16 heavy (non-hydrogen) atoms. The Kier molecular flexibility index (Phi) is 3.05. The van der Waals surface area contributed by atoms with Crippen molar-refractivity contribution in [1.29, 1.82) is 0 Å². The standard InChI is InChI=1S/C13H12NO2/c1-15-11-6-3-5-10(9-11)12-7-4-8-13(14-12)16-2/h3,5-9H,1-2H3. The number of hydrogen-bond acceptors (Lipinski definition) is 3. The summed E-state index contributed by atoms with van der Waals surface area (Å²) < 4.78 is 10.2. The van der Waals surface area contributed by atoms with E-state index in [1.165, 1.54) is 0 Å². The number of hydrogen-bond donors (Lipinski definition) is 0. The fourth-order valence-corrected chi connectivity index (χ4v) is 1.41. The number of pyridine rings is 1. The smallest absolute Gasteiger partial charge is 0.214 e. The molecule has 0 saturated carbocycles. The predicted molar refractivity (Wildman–Crippen MR) is 61.6 cm³/mol. The van der Waals surface area contributed by atoms with Crippen LogP contribution >= 0.6 is 0 Å². The molecule has 0 spiro atoms. The summed E-state index contributed by atoms with van der Waals surface area (Å²) in [7, 11) is 3.23. The van der Waals surface area contributed by atoms with Crippen LogP contribution in [0.5, 0.6) is 11.6 Å². The lowest BCUT2D eigenvalue weighted by Gasteiger charge is -2.05. The molecule has 0 aliphatic heterocycles. The lowest BCUT2D eigenvalue weighted by molar-refractivity contribution is 0.398. The summed E-state index contributed by atoms with van der Waals surface area (Å²) in [6.07, 6.45) is 0. The summed E-state index contributed by atoms with van der Waals surface area (Å²) in [4.78, 5) is 4.33. The van der Waals surface area contributed by atoms with Crippen molar-refractivity contribution < 1.29 is 9.47 Å². The predicted octanol–water partition coefficient (Wildman–Crippen LogP) is 2.57. The van der Waals surface area contributed by atoms with Gasteiger partial charge in [0.2, 0.25) is 5.88 Å². The summed E-state index contributed by atoms with van der Waals surface area (Å²) in [6.45, 7) is 0. The second-order valence-corrected chi connectivity index (χ2v) is 3.23. The average molecular weight is 214 g/mol. The van der Waals surface area contributed by atoms with Gasteiger partial charge in [-0.05, 0) is 24.3 Å². The number of nitrogens with zero attached hydrogens (tertiary/aromatic N) is 1. The Hall–Kier alpha value is -2.03. The van der Waals surface area contributed by atoms with E-state index in [1.54, 1.807) is 20.3 Å². The molecule has 0 bridgehead atoms. The Morgan fingerprint density at radius 2 is 2.00 bits per heavy atom.